The maximum atomic E-state index is 13.3. The summed E-state index contributed by atoms with van der Waals surface area (Å²) in [5, 5.41) is 4.17. The van der Waals surface area contributed by atoms with Gasteiger partial charge in [0.05, 0.1) is 11.4 Å². The Morgan fingerprint density at radius 2 is 1.38 bits per heavy atom. The van der Waals surface area contributed by atoms with Gasteiger partial charge in [-0.25, -0.2) is 8.42 Å². The maximum absolute atomic E-state index is 13.3. The van der Waals surface area contributed by atoms with Gasteiger partial charge in [-0.05, 0) is 54.6 Å². The van der Waals surface area contributed by atoms with Gasteiger partial charge < -0.3 is 5.32 Å². The Kier molecular flexibility index (Phi) is 8.33. The summed E-state index contributed by atoms with van der Waals surface area (Å²) in [6.45, 7) is -0.746. The number of carbonyl (C=O) groups is 1. The number of halogens is 5. The third-order valence-corrected chi connectivity index (χ3v) is 7.52. The molecule has 0 unspecified atom stereocenters. The summed E-state index contributed by atoms with van der Waals surface area (Å²) < 4.78 is 27.7. The number of anilines is 1. The lowest BCUT2D eigenvalue weighted by atomic mass is 10.2. The van der Waals surface area contributed by atoms with Gasteiger partial charge in [-0.1, -0.05) is 64.1 Å². The van der Waals surface area contributed by atoms with Crippen molar-refractivity contribution in [2.45, 2.75) is 11.4 Å². The van der Waals surface area contributed by atoms with Gasteiger partial charge in [0.15, 0.2) is 0 Å². The van der Waals surface area contributed by atoms with E-state index < -0.39 is 22.5 Å². The smallest absolute Gasteiger partial charge is 0.243 e. The first-order chi connectivity index (χ1) is 15.1. The van der Waals surface area contributed by atoms with Gasteiger partial charge in [-0.2, -0.15) is 4.31 Å². The van der Waals surface area contributed by atoms with Crippen LogP contribution >= 0.6 is 58.0 Å². The molecule has 0 saturated heterocycles. The molecular formula is C21H15Cl5N2O3S. The zero-order chi connectivity index (χ0) is 23.5. The van der Waals surface area contributed by atoms with E-state index in [1.807, 2.05) is 0 Å². The average Bonchev–Trinajstić information content (AvgIpc) is 2.69. The molecule has 0 aromatic heterocycles. The topological polar surface area (TPSA) is 66.5 Å². The quantitative estimate of drug-likeness (QED) is 0.351. The highest BCUT2D eigenvalue weighted by atomic mass is 35.5. The lowest BCUT2D eigenvalue weighted by molar-refractivity contribution is -0.116. The Morgan fingerprint density at radius 1 is 0.812 bits per heavy atom. The normalized spacial score (nSPS) is 11.6. The van der Waals surface area contributed by atoms with Crippen molar-refractivity contribution < 1.29 is 13.2 Å². The molecule has 0 spiro atoms. The van der Waals surface area contributed by atoms with Crippen molar-refractivity contribution >= 4 is 79.6 Å². The van der Waals surface area contributed by atoms with Crippen LogP contribution in [0.4, 0.5) is 5.69 Å². The van der Waals surface area contributed by atoms with E-state index in [4.69, 9.17) is 58.0 Å². The van der Waals surface area contributed by atoms with Gasteiger partial charge in [0.1, 0.15) is 0 Å². The molecule has 0 saturated carbocycles. The van der Waals surface area contributed by atoms with Crippen LogP contribution in [0.2, 0.25) is 25.1 Å². The van der Waals surface area contributed by atoms with Gasteiger partial charge in [0.25, 0.3) is 0 Å². The van der Waals surface area contributed by atoms with E-state index >= 15 is 0 Å². The van der Waals surface area contributed by atoms with Crippen molar-refractivity contribution in [3.05, 3.63) is 91.3 Å². The first-order valence-electron chi connectivity index (χ1n) is 9.01. The molecule has 0 fully saturated rings. The molecule has 0 aliphatic heterocycles. The monoisotopic (exact) mass is 550 g/mol. The molecule has 3 aromatic rings. The van der Waals surface area contributed by atoms with E-state index in [1.54, 1.807) is 18.2 Å². The van der Waals surface area contributed by atoms with Crippen LogP contribution in [0.1, 0.15) is 5.56 Å². The maximum Gasteiger partial charge on any atom is 0.243 e. The predicted octanol–water partition coefficient (Wildman–Crippen LogP) is 6.78. The first-order valence-corrected chi connectivity index (χ1v) is 12.3. The fraction of sp³-hybridized carbons (Fsp3) is 0.0952. The molecule has 3 aromatic carbocycles. The third-order valence-electron chi connectivity index (χ3n) is 4.31. The van der Waals surface area contributed by atoms with Crippen molar-refractivity contribution in [1.82, 2.24) is 4.31 Å². The molecule has 0 aliphatic rings. The van der Waals surface area contributed by atoms with Gasteiger partial charge in [0.2, 0.25) is 15.9 Å². The van der Waals surface area contributed by atoms with Crippen molar-refractivity contribution in [1.29, 1.82) is 0 Å². The number of nitrogens with zero attached hydrogens (tertiary/aromatic N) is 1. The highest BCUT2D eigenvalue weighted by Crippen LogP contribution is 2.29. The van der Waals surface area contributed by atoms with Crippen molar-refractivity contribution in [3.63, 3.8) is 0 Å². The van der Waals surface area contributed by atoms with Crippen LogP contribution in [0.15, 0.2) is 65.6 Å². The molecular weight excluding hydrogens is 538 g/mol. The third kappa shape index (κ3) is 6.29. The predicted molar refractivity (Wildman–Crippen MR) is 131 cm³/mol. The number of hydrogen-bond acceptors (Lipinski definition) is 3. The van der Waals surface area contributed by atoms with Crippen LogP contribution < -0.4 is 5.32 Å². The van der Waals surface area contributed by atoms with Crippen molar-refractivity contribution in [2.24, 2.45) is 0 Å². The lowest BCUT2D eigenvalue weighted by Gasteiger charge is -2.23. The van der Waals surface area contributed by atoms with Crippen LogP contribution in [0, 0.1) is 0 Å². The van der Waals surface area contributed by atoms with Gasteiger partial charge in [-0.3, -0.25) is 4.79 Å². The summed E-state index contributed by atoms with van der Waals surface area (Å²) in [6.07, 6.45) is 0. The average molecular weight is 553 g/mol. The number of benzene rings is 3. The van der Waals surface area contributed by atoms with Crippen LogP contribution in [0.3, 0.4) is 0 Å². The van der Waals surface area contributed by atoms with Gasteiger partial charge >= 0.3 is 0 Å². The number of sulfonamides is 1. The zero-order valence-electron chi connectivity index (χ0n) is 16.2. The number of hydrogen-bond donors (Lipinski definition) is 1. The summed E-state index contributed by atoms with van der Waals surface area (Å²) in [7, 11) is -4.11. The van der Waals surface area contributed by atoms with Crippen molar-refractivity contribution in [3.8, 4) is 0 Å². The van der Waals surface area contributed by atoms with E-state index in [1.165, 1.54) is 42.5 Å². The van der Waals surface area contributed by atoms with E-state index in [-0.39, 0.29) is 21.5 Å². The molecule has 0 heterocycles. The summed E-state index contributed by atoms with van der Waals surface area (Å²) in [6, 6.07) is 14.9. The molecule has 1 amide bonds. The number of carbonyl (C=O) groups excluding carboxylic acids is 1. The van der Waals surface area contributed by atoms with Crippen LogP contribution in [0.25, 0.3) is 0 Å². The first kappa shape index (κ1) is 25.1. The minimum atomic E-state index is -4.11. The number of nitrogens with one attached hydrogen (secondary N) is 1. The lowest BCUT2D eigenvalue weighted by Crippen LogP contribution is -2.37. The van der Waals surface area contributed by atoms with E-state index in [2.05, 4.69) is 5.32 Å². The highest BCUT2D eigenvalue weighted by molar-refractivity contribution is 7.89. The minimum Gasteiger partial charge on any atom is -0.325 e. The molecule has 11 heteroatoms. The molecule has 0 bridgehead atoms. The van der Waals surface area contributed by atoms with Crippen LogP contribution in [-0.4, -0.2) is 25.2 Å². The fourth-order valence-corrected chi connectivity index (χ4v) is 5.36. The second-order valence-corrected chi connectivity index (χ2v) is 10.7. The summed E-state index contributed by atoms with van der Waals surface area (Å²) in [5.74, 6) is -0.607. The molecule has 32 heavy (non-hydrogen) atoms. The fourth-order valence-electron chi connectivity index (χ4n) is 2.83. The van der Waals surface area contributed by atoms with Crippen molar-refractivity contribution in [2.75, 3.05) is 11.9 Å². The molecule has 1 N–H and O–H groups in total. The van der Waals surface area contributed by atoms with Crippen LogP contribution in [-0.2, 0) is 21.4 Å². The number of amides is 1. The molecule has 3 rings (SSSR count). The van der Waals surface area contributed by atoms with E-state index in [0.717, 1.165) is 4.31 Å². The second-order valence-electron chi connectivity index (χ2n) is 6.63. The largest absolute Gasteiger partial charge is 0.325 e. The van der Waals surface area contributed by atoms with Gasteiger partial charge in [-0.15, -0.1) is 0 Å². The Morgan fingerprint density at radius 3 is 1.94 bits per heavy atom. The second kappa shape index (κ2) is 10.6. The standard InChI is InChI=1S/C21H15Cl5N2O3S/c22-13-4-6-17(7-5-13)32(30,31)28(11-18-19(25)2-1-3-20(18)26)12-21(29)27-16-9-14(23)8-15(24)10-16/h1-10H,11-12H2,(H,27,29). The summed E-state index contributed by atoms with van der Waals surface area (Å²) in [4.78, 5) is 12.7. The Bertz CT molecular complexity index is 1210. The molecule has 168 valence electrons. The molecule has 0 aliphatic carbocycles. The molecule has 5 nitrogen and oxygen atoms in total. The summed E-state index contributed by atoms with van der Waals surface area (Å²) >= 11 is 30.3. The van der Waals surface area contributed by atoms with Gasteiger partial charge in [0, 0.05) is 42.9 Å². The Balaban J connectivity index is 1.94. The Hall–Kier alpha value is -1.51. The minimum absolute atomic E-state index is 0.0383. The Labute approximate surface area is 210 Å². The summed E-state index contributed by atoms with van der Waals surface area (Å²) in [5.41, 5.74) is 0.694. The SMILES string of the molecule is O=C(CN(Cc1c(Cl)cccc1Cl)S(=O)(=O)c1ccc(Cl)cc1)Nc1cc(Cl)cc(Cl)c1. The molecule has 0 radical (unpaired) electrons. The molecule has 0 atom stereocenters. The van der Waals surface area contributed by atoms with Crippen LogP contribution in [0.5, 0.6) is 0 Å². The number of rotatable bonds is 7. The zero-order valence-corrected chi connectivity index (χ0v) is 20.8. The van der Waals surface area contributed by atoms with E-state index in [9.17, 15) is 13.2 Å². The van der Waals surface area contributed by atoms with E-state index in [0.29, 0.717) is 26.3 Å². The highest BCUT2D eigenvalue weighted by Gasteiger charge is 2.28.